The molecular formula is C25H28FN3O5. The number of amides is 4. The number of hydrogen-bond acceptors (Lipinski definition) is 5. The van der Waals surface area contributed by atoms with E-state index in [1.54, 1.807) is 25.1 Å². The van der Waals surface area contributed by atoms with Gasteiger partial charge in [-0.2, -0.15) is 0 Å². The van der Waals surface area contributed by atoms with E-state index in [1.807, 2.05) is 13.8 Å². The van der Waals surface area contributed by atoms with E-state index in [2.05, 4.69) is 5.32 Å². The highest BCUT2D eigenvalue weighted by molar-refractivity contribution is 6.22. The molecule has 0 bridgehead atoms. The molecule has 1 atom stereocenters. The molecule has 2 aromatic rings. The largest absolute Gasteiger partial charge is 0.462 e. The van der Waals surface area contributed by atoms with Gasteiger partial charge in [-0.25, -0.2) is 18.9 Å². The average Bonchev–Trinajstić information content (AvgIpc) is 3.02. The summed E-state index contributed by atoms with van der Waals surface area (Å²) in [5.74, 6) is -1.74. The first-order valence-corrected chi connectivity index (χ1v) is 11.2. The van der Waals surface area contributed by atoms with E-state index < -0.39 is 35.7 Å². The van der Waals surface area contributed by atoms with Crippen molar-refractivity contribution >= 4 is 35.2 Å². The van der Waals surface area contributed by atoms with Crippen molar-refractivity contribution in [3.63, 3.8) is 0 Å². The molecule has 1 heterocycles. The third-order valence-corrected chi connectivity index (χ3v) is 5.39. The molecule has 8 nitrogen and oxygen atoms in total. The first-order chi connectivity index (χ1) is 16.2. The van der Waals surface area contributed by atoms with E-state index in [4.69, 9.17) is 4.74 Å². The highest BCUT2D eigenvalue weighted by Gasteiger charge is 2.46. The van der Waals surface area contributed by atoms with E-state index in [0.29, 0.717) is 18.7 Å². The van der Waals surface area contributed by atoms with Crippen LogP contribution in [0.5, 0.6) is 0 Å². The van der Waals surface area contributed by atoms with Crippen LogP contribution in [0.15, 0.2) is 48.5 Å². The lowest BCUT2D eigenvalue weighted by atomic mass is 10.1. The molecule has 0 unspecified atom stereocenters. The zero-order valence-corrected chi connectivity index (χ0v) is 19.4. The number of rotatable bonds is 9. The van der Waals surface area contributed by atoms with Crippen LogP contribution in [-0.2, 0) is 14.3 Å². The van der Waals surface area contributed by atoms with E-state index in [1.165, 1.54) is 35.2 Å². The number of urea groups is 1. The second kappa shape index (κ2) is 10.9. The summed E-state index contributed by atoms with van der Waals surface area (Å²) in [5, 5.41) is 2.68. The summed E-state index contributed by atoms with van der Waals surface area (Å²) in [4.78, 5) is 53.4. The molecule has 1 N–H and O–H groups in total. The van der Waals surface area contributed by atoms with Gasteiger partial charge < -0.3 is 15.0 Å². The van der Waals surface area contributed by atoms with Crippen LogP contribution in [0.3, 0.4) is 0 Å². The summed E-state index contributed by atoms with van der Waals surface area (Å²) in [7, 11) is 0. The number of nitrogens with one attached hydrogen (secondary N) is 1. The molecule has 0 saturated carbocycles. The van der Waals surface area contributed by atoms with Gasteiger partial charge in [-0.3, -0.25) is 9.59 Å². The standard InChI is InChI=1S/C25H28FN3O5/c1-4-34-24(32)17-6-5-7-19(14-17)27-22(30)15-21-23(31)29(20-10-8-18(26)9-11-20)25(33)28(21)13-12-16(2)3/h5-11,14,16,21H,4,12-13,15H2,1-3H3,(H,27,30)/t21-/m1/s1. The Morgan fingerprint density at radius 1 is 1.12 bits per heavy atom. The van der Waals surface area contributed by atoms with Gasteiger partial charge in [0, 0.05) is 12.2 Å². The normalized spacial score (nSPS) is 15.7. The van der Waals surface area contributed by atoms with Crippen molar-refractivity contribution in [2.75, 3.05) is 23.4 Å². The Morgan fingerprint density at radius 2 is 1.82 bits per heavy atom. The van der Waals surface area contributed by atoms with Gasteiger partial charge in [0.25, 0.3) is 5.91 Å². The zero-order valence-electron chi connectivity index (χ0n) is 19.4. The summed E-state index contributed by atoms with van der Waals surface area (Å²) in [6.45, 7) is 6.22. The molecule has 4 amide bonds. The van der Waals surface area contributed by atoms with Crippen LogP contribution < -0.4 is 10.2 Å². The number of anilines is 2. The maximum atomic E-state index is 13.4. The van der Waals surface area contributed by atoms with Crippen LogP contribution in [0, 0.1) is 11.7 Å². The average molecular weight is 470 g/mol. The summed E-state index contributed by atoms with van der Waals surface area (Å²) in [5.41, 5.74) is 0.903. The van der Waals surface area contributed by atoms with Crippen molar-refractivity contribution in [2.24, 2.45) is 5.92 Å². The Balaban J connectivity index is 1.78. The second-order valence-corrected chi connectivity index (χ2v) is 8.38. The van der Waals surface area contributed by atoms with Gasteiger partial charge in [-0.15, -0.1) is 0 Å². The molecule has 180 valence electrons. The molecule has 1 saturated heterocycles. The maximum Gasteiger partial charge on any atom is 0.338 e. The van der Waals surface area contributed by atoms with Crippen LogP contribution in [0.4, 0.5) is 20.6 Å². The predicted octanol–water partition coefficient (Wildman–Crippen LogP) is 4.21. The lowest BCUT2D eigenvalue weighted by molar-refractivity contribution is -0.124. The first kappa shape index (κ1) is 24.9. The van der Waals surface area contributed by atoms with Crippen molar-refractivity contribution in [1.29, 1.82) is 0 Å². The highest BCUT2D eigenvalue weighted by atomic mass is 19.1. The van der Waals surface area contributed by atoms with E-state index in [9.17, 15) is 23.6 Å². The quantitative estimate of drug-likeness (QED) is 0.438. The van der Waals surface area contributed by atoms with Gasteiger partial charge in [0.2, 0.25) is 5.91 Å². The number of nitrogens with zero attached hydrogens (tertiary/aromatic N) is 2. The molecular weight excluding hydrogens is 441 g/mol. The SMILES string of the molecule is CCOC(=O)c1cccc(NC(=O)C[C@@H]2C(=O)N(c3ccc(F)cc3)C(=O)N2CCC(C)C)c1. The molecule has 0 spiro atoms. The molecule has 0 aliphatic carbocycles. The van der Waals surface area contributed by atoms with Gasteiger partial charge in [0.15, 0.2) is 0 Å². The molecule has 9 heteroatoms. The van der Waals surface area contributed by atoms with E-state index >= 15 is 0 Å². The Kier molecular flexibility index (Phi) is 7.99. The van der Waals surface area contributed by atoms with Gasteiger partial charge in [0.1, 0.15) is 11.9 Å². The zero-order chi connectivity index (χ0) is 24.8. The lowest BCUT2D eigenvalue weighted by Gasteiger charge is -2.22. The van der Waals surface area contributed by atoms with Crippen molar-refractivity contribution in [3.05, 3.63) is 59.9 Å². The topological polar surface area (TPSA) is 96.0 Å². The molecule has 34 heavy (non-hydrogen) atoms. The van der Waals surface area contributed by atoms with Crippen LogP contribution in [0.1, 0.15) is 44.0 Å². The Bertz CT molecular complexity index is 1070. The summed E-state index contributed by atoms with van der Waals surface area (Å²) >= 11 is 0. The lowest BCUT2D eigenvalue weighted by Crippen LogP contribution is -2.39. The summed E-state index contributed by atoms with van der Waals surface area (Å²) in [6, 6.07) is 9.80. The first-order valence-electron chi connectivity index (χ1n) is 11.2. The van der Waals surface area contributed by atoms with Crippen molar-refractivity contribution in [2.45, 2.75) is 39.7 Å². The predicted molar refractivity (Wildman–Crippen MR) is 125 cm³/mol. The third-order valence-electron chi connectivity index (χ3n) is 5.39. The molecule has 2 aromatic carbocycles. The minimum absolute atomic E-state index is 0.226. The molecule has 0 aromatic heterocycles. The number of esters is 1. The fourth-order valence-electron chi connectivity index (χ4n) is 3.64. The van der Waals surface area contributed by atoms with Crippen LogP contribution in [0.25, 0.3) is 0 Å². The Labute approximate surface area is 197 Å². The Morgan fingerprint density at radius 3 is 2.47 bits per heavy atom. The van der Waals surface area contributed by atoms with Gasteiger partial charge in [-0.05, 0) is 61.7 Å². The minimum Gasteiger partial charge on any atom is -0.462 e. The van der Waals surface area contributed by atoms with Gasteiger partial charge in [-0.1, -0.05) is 19.9 Å². The highest BCUT2D eigenvalue weighted by Crippen LogP contribution is 2.28. The smallest absolute Gasteiger partial charge is 0.338 e. The number of imide groups is 1. The number of hydrogen-bond donors (Lipinski definition) is 1. The minimum atomic E-state index is -0.996. The summed E-state index contributed by atoms with van der Waals surface area (Å²) < 4.78 is 18.3. The number of benzene rings is 2. The van der Waals surface area contributed by atoms with E-state index in [0.717, 1.165) is 4.90 Å². The number of carbonyl (C=O) groups is 4. The molecule has 1 aliphatic heterocycles. The van der Waals surface area contributed by atoms with Crippen molar-refractivity contribution < 1.29 is 28.3 Å². The Hall–Kier alpha value is -3.75. The second-order valence-electron chi connectivity index (χ2n) is 8.38. The number of ether oxygens (including phenoxy) is 1. The van der Waals surface area contributed by atoms with Gasteiger partial charge >= 0.3 is 12.0 Å². The van der Waals surface area contributed by atoms with Crippen LogP contribution in [-0.4, -0.2) is 47.9 Å². The van der Waals surface area contributed by atoms with E-state index in [-0.39, 0.29) is 30.2 Å². The number of halogens is 1. The molecule has 0 radical (unpaired) electrons. The van der Waals surface area contributed by atoms with Gasteiger partial charge in [0.05, 0.1) is 24.3 Å². The molecule has 1 aliphatic rings. The number of carbonyl (C=O) groups excluding carboxylic acids is 4. The maximum absolute atomic E-state index is 13.4. The monoisotopic (exact) mass is 469 g/mol. The van der Waals surface area contributed by atoms with Crippen molar-refractivity contribution in [3.8, 4) is 0 Å². The molecule has 3 rings (SSSR count). The fourth-order valence-corrected chi connectivity index (χ4v) is 3.64. The molecule has 1 fully saturated rings. The fraction of sp³-hybridized carbons (Fsp3) is 0.360. The third kappa shape index (κ3) is 5.78. The van der Waals surface area contributed by atoms with Crippen molar-refractivity contribution in [1.82, 2.24) is 4.90 Å². The summed E-state index contributed by atoms with van der Waals surface area (Å²) in [6.07, 6.45) is 0.389. The van der Waals surface area contributed by atoms with Crippen LogP contribution in [0.2, 0.25) is 0 Å². The van der Waals surface area contributed by atoms with Crippen LogP contribution >= 0.6 is 0 Å².